The molecule has 0 aliphatic carbocycles. The second-order valence-electron chi connectivity index (χ2n) is 6.02. The minimum atomic E-state index is -0.862. The molecule has 24 heavy (non-hydrogen) atoms. The van der Waals surface area contributed by atoms with Crippen LogP contribution >= 0.6 is 11.6 Å². The van der Waals surface area contributed by atoms with Crippen molar-refractivity contribution >= 4 is 23.1 Å². The normalized spacial score (nSPS) is 14.6. The number of pyridine rings is 1. The summed E-state index contributed by atoms with van der Waals surface area (Å²) in [7, 11) is 0. The number of hydrogen-bond donors (Lipinski definition) is 4. The smallest absolute Gasteiger partial charge is 0.181 e. The zero-order valence-corrected chi connectivity index (χ0v) is 14.5. The molecule has 6 heteroatoms. The van der Waals surface area contributed by atoms with Crippen LogP contribution in [0, 0.1) is 6.92 Å². The number of aryl methyl sites for hydroxylation is 2. The molecule has 1 aromatic heterocycles. The van der Waals surface area contributed by atoms with Crippen LogP contribution < -0.4 is 16.0 Å². The van der Waals surface area contributed by atoms with Gasteiger partial charge in [-0.3, -0.25) is 5.32 Å². The lowest BCUT2D eigenvalue weighted by atomic mass is 10.1. The number of hydrogen-bond acceptors (Lipinski definition) is 5. The quantitative estimate of drug-likeness (QED) is 0.605. The van der Waals surface area contributed by atoms with Gasteiger partial charge in [-0.1, -0.05) is 29.8 Å². The van der Waals surface area contributed by atoms with Crippen LogP contribution in [0.15, 0.2) is 30.3 Å². The molecule has 2 aromatic rings. The molecule has 0 amide bonds. The monoisotopic (exact) mass is 346 g/mol. The van der Waals surface area contributed by atoms with Crippen LogP contribution in [0.5, 0.6) is 0 Å². The summed E-state index contributed by atoms with van der Waals surface area (Å²) in [5, 5.41) is 20.1. The van der Waals surface area contributed by atoms with E-state index in [1.807, 2.05) is 19.1 Å². The molecule has 3 rings (SSSR count). The Morgan fingerprint density at radius 2 is 2.21 bits per heavy atom. The zero-order valence-electron chi connectivity index (χ0n) is 13.8. The van der Waals surface area contributed by atoms with E-state index >= 15 is 0 Å². The van der Waals surface area contributed by atoms with Gasteiger partial charge in [-0.05, 0) is 43.0 Å². The van der Waals surface area contributed by atoms with Crippen molar-refractivity contribution in [3.63, 3.8) is 0 Å². The average Bonchev–Trinajstić information content (AvgIpc) is 2.58. The lowest BCUT2D eigenvalue weighted by Crippen LogP contribution is -2.37. The van der Waals surface area contributed by atoms with E-state index in [0.29, 0.717) is 11.6 Å². The van der Waals surface area contributed by atoms with Gasteiger partial charge in [0.05, 0.1) is 10.7 Å². The van der Waals surface area contributed by atoms with Gasteiger partial charge in [0.25, 0.3) is 0 Å². The summed E-state index contributed by atoms with van der Waals surface area (Å²) >= 11 is 6.15. The molecule has 1 aliphatic rings. The van der Waals surface area contributed by atoms with E-state index in [2.05, 4.69) is 33.1 Å². The first kappa shape index (κ1) is 17.0. The maximum Gasteiger partial charge on any atom is 0.181 e. The number of fused-ring (bicyclic) bond motifs is 1. The Hall–Kier alpha value is -1.82. The molecule has 1 unspecified atom stereocenters. The zero-order chi connectivity index (χ0) is 16.9. The van der Waals surface area contributed by atoms with Crippen molar-refractivity contribution in [1.29, 1.82) is 0 Å². The van der Waals surface area contributed by atoms with Crippen molar-refractivity contribution in [1.82, 2.24) is 10.3 Å². The minimum Gasteiger partial charge on any atom is -0.370 e. The highest BCUT2D eigenvalue weighted by Gasteiger charge is 2.11. The molecule has 128 valence electrons. The van der Waals surface area contributed by atoms with Gasteiger partial charge in [0.1, 0.15) is 5.82 Å². The van der Waals surface area contributed by atoms with Crippen molar-refractivity contribution in [3.8, 4) is 0 Å². The van der Waals surface area contributed by atoms with Crippen LogP contribution in [0.1, 0.15) is 23.2 Å². The summed E-state index contributed by atoms with van der Waals surface area (Å²) in [5.74, 6) is 1.00. The number of aliphatic hydroxyl groups is 1. The topological polar surface area (TPSA) is 69.2 Å². The molecule has 2 heterocycles. The predicted molar refractivity (Wildman–Crippen MR) is 98.6 cm³/mol. The molecule has 0 radical (unpaired) electrons. The first-order valence-corrected chi connectivity index (χ1v) is 8.67. The molecule has 0 bridgehead atoms. The highest BCUT2D eigenvalue weighted by molar-refractivity contribution is 6.33. The van der Waals surface area contributed by atoms with Crippen molar-refractivity contribution in [2.75, 3.05) is 23.7 Å². The van der Waals surface area contributed by atoms with E-state index in [-0.39, 0.29) is 0 Å². The second-order valence-corrected chi connectivity index (χ2v) is 6.43. The molecule has 0 saturated carbocycles. The third-order valence-electron chi connectivity index (χ3n) is 4.17. The van der Waals surface area contributed by atoms with Crippen LogP contribution in [-0.2, 0) is 12.8 Å². The lowest BCUT2D eigenvalue weighted by molar-refractivity contribution is 0.166. The summed E-state index contributed by atoms with van der Waals surface area (Å²) in [4.78, 5) is 4.65. The number of para-hydroxylation sites is 1. The van der Waals surface area contributed by atoms with E-state index in [1.165, 1.54) is 5.56 Å². The summed E-state index contributed by atoms with van der Waals surface area (Å²) in [6.45, 7) is 3.55. The third kappa shape index (κ3) is 4.17. The van der Waals surface area contributed by atoms with E-state index < -0.39 is 6.35 Å². The Labute approximate surface area is 147 Å². The average molecular weight is 347 g/mol. The van der Waals surface area contributed by atoms with Gasteiger partial charge in [0.2, 0.25) is 0 Å². The number of aromatic nitrogens is 1. The summed E-state index contributed by atoms with van der Waals surface area (Å²) in [5.41, 5.74) is 4.03. The molecule has 0 saturated heterocycles. The van der Waals surface area contributed by atoms with Gasteiger partial charge in [-0.15, -0.1) is 0 Å². The van der Waals surface area contributed by atoms with Crippen molar-refractivity contribution in [2.24, 2.45) is 0 Å². The summed E-state index contributed by atoms with van der Waals surface area (Å²) in [6, 6.07) is 9.84. The van der Waals surface area contributed by atoms with E-state index in [4.69, 9.17) is 11.6 Å². The van der Waals surface area contributed by atoms with Gasteiger partial charge in [-0.2, -0.15) is 0 Å². The number of benzene rings is 1. The van der Waals surface area contributed by atoms with Crippen molar-refractivity contribution < 1.29 is 5.11 Å². The molecule has 4 N–H and O–H groups in total. The molecular weight excluding hydrogens is 324 g/mol. The largest absolute Gasteiger partial charge is 0.370 e. The standard InChI is InChI=1S/C18H23ClN4O/c1-12-4-2-6-15(19)16(12)23-18(24)21-11-9-14-8-7-13-5-3-10-20-17(13)22-14/h2,4,6-8,18,21,23-24H,3,5,9-11H2,1H3,(H,20,22). The minimum absolute atomic E-state index is 0.596. The predicted octanol–water partition coefficient (Wildman–Crippen LogP) is 2.92. The van der Waals surface area contributed by atoms with Gasteiger partial charge in [-0.25, -0.2) is 4.98 Å². The Morgan fingerprint density at radius 3 is 3.04 bits per heavy atom. The Morgan fingerprint density at radius 1 is 1.33 bits per heavy atom. The second kappa shape index (κ2) is 7.83. The van der Waals surface area contributed by atoms with Gasteiger partial charge < -0.3 is 15.7 Å². The van der Waals surface area contributed by atoms with E-state index in [9.17, 15) is 5.11 Å². The first-order chi connectivity index (χ1) is 11.6. The number of nitrogens with zero attached hydrogens (tertiary/aromatic N) is 1. The van der Waals surface area contributed by atoms with Crippen LogP contribution in [0.25, 0.3) is 0 Å². The number of anilines is 2. The summed E-state index contributed by atoms with van der Waals surface area (Å²) in [6.07, 6.45) is 2.14. The molecule has 5 nitrogen and oxygen atoms in total. The van der Waals surface area contributed by atoms with Gasteiger partial charge in [0.15, 0.2) is 6.35 Å². The third-order valence-corrected chi connectivity index (χ3v) is 4.49. The maximum absolute atomic E-state index is 10.1. The fraction of sp³-hybridized carbons (Fsp3) is 0.389. The molecule has 1 atom stereocenters. The Kier molecular flexibility index (Phi) is 5.56. The molecule has 1 aromatic carbocycles. The van der Waals surface area contributed by atoms with Crippen molar-refractivity contribution in [2.45, 2.75) is 32.5 Å². The maximum atomic E-state index is 10.1. The van der Waals surface area contributed by atoms with Crippen LogP contribution in [-0.4, -0.2) is 29.5 Å². The fourth-order valence-electron chi connectivity index (χ4n) is 2.85. The number of aliphatic hydroxyl groups excluding tert-OH is 1. The number of nitrogens with one attached hydrogen (secondary N) is 3. The SMILES string of the molecule is Cc1cccc(Cl)c1NC(O)NCCc1ccc2c(n1)NCCC2. The molecule has 1 aliphatic heterocycles. The van der Waals surface area contributed by atoms with Crippen LogP contribution in [0.3, 0.4) is 0 Å². The number of halogens is 1. The van der Waals surface area contributed by atoms with E-state index in [0.717, 1.165) is 48.6 Å². The van der Waals surface area contributed by atoms with Crippen LogP contribution in [0.2, 0.25) is 5.02 Å². The Balaban J connectivity index is 1.51. The summed E-state index contributed by atoms with van der Waals surface area (Å²) < 4.78 is 0. The highest BCUT2D eigenvalue weighted by atomic mass is 35.5. The highest BCUT2D eigenvalue weighted by Crippen LogP contribution is 2.25. The fourth-order valence-corrected chi connectivity index (χ4v) is 3.12. The van der Waals surface area contributed by atoms with Gasteiger partial charge in [0, 0.05) is 25.2 Å². The molecule has 0 fully saturated rings. The molecular formula is C18H23ClN4O. The number of rotatable bonds is 6. The van der Waals surface area contributed by atoms with E-state index in [1.54, 1.807) is 6.07 Å². The Bertz CT molecular complexity index is 687. The molecule has 0 spiro atoms. The van der Waals surface area contributed by atoms with Crippen LogP contribution in [0.4, 0.5) is 11.5 Å². The first-order valence-electron chi connectivity index (χ1n) is 8.29. The van der Waals surface area contributed by atoms with Gasteiger partial charge >= 0.3 is 0 Å². The lowest BCUT2D eigenvalue weighted by Gasteiger charge is -2.19. The van der Waals surface area contributed by atoms with Crippen molar-refractivity contribution in [3.05, 3.63) is 52.2 Å².